The van der Waals surface area contributed by atoms with Crippen LogP contribution in [-0.2, 0) is 0 Å². The molecular weight excluding hydrogens is 304 g/mol. The summed E-state index contributed by atoms with van der Waals surface area (Å²) in [6.45, 7) is 0.130. The zero-order chi connectivity index (χ0) is 16.6. The Morgan fingerprint density at radius 1 is 0.542 bits per heavy atom. The molecule has 0 fully saturated rings. The van der Waals surface area contributed by atoms with Gasteiger partial charge in [-0.15, -0.1) is 0 Å². The molecule has 0 N–H and O–H groups in total. The minimum atomic E-state index is 0.130. The minimum Gasteiger partial charge on any atom is -0.497 e. The van der Waals surface area contributed by atoms with Gasteiger partial charge in [0, 0.05) is 0 Å². The monoisotopic (exact) mass is 322 g/mol. The lowest BCUT2D eigenvalue weighted by Crippen LogP contribution is -2.05. The molecule has 0 aliphatic rings. The van der Waals surface area contributed by atoms with Gasteiger partial charge in [-0.1, -0.05) is 18.2 Å². The highest BCUT2D eigenvalue weighted by Gasteiger charge is 1.99. The van der Waals surface area contributed by atoms with E-state index in [-0.39, 0.29) is 6.79 Å². The van der Waals surface area contributed by atoms with Gasteiger partial charge in [0.2, 0.25) is 6.79 Å². The Hall–Kier alpha value is -3.14. The average Bonchev–Trinajstić information content (AvgIpc) is 2.65. The van der Waals surface area contributed by atoms with Crippen LogP contribution in [0.4, 0.5) is 0 Å². The summed E-state index contributed by atoms with van der Waals surface area (Å²) < 4.78 is 21.9. The van der Waals surface area contributed by atoms with Gasteiger partial charge < -0.3 is 18.9 Å². The second-order valence-electron chi connectivity index (χ2n) is 4.97. The molecule has 0 atom stereocenters. The third kappa shape index (κ3) is 4.43. The molecule has 4 heteroatoms. The van der Waals surface area contributed by atoms with Gasteiger partial charge in [-0.2, -0.15) is 0 Å². The number of benzene rings is 3. The van der Waals surface area contributed by atoms with Crippen LogP contribution in [0.2, 0.25) is 0 Å². The molecule has 3 rings (SSSR count). The Morgan fingerprint density at radius 3 is 1.54 bits per heavy atom. The van der Waals surface area contributed by atoms with Crippen molar-refractivity contribution in [3.8, 4) is 28.7 Å². The first-order valence-electron chi connectivity index (χ1n) is 7.56. The third-order valence-corrected chi connectivity index (χ3v) is 3.31. The van der Waals surface area contributed by atoms with Crippen LogP contribution in [0.25, 0.3) is 0 Å². The largest absolute Gasteiger partial charge is 0.497 e. The van der Waals surface area contributed by atoms with E-state index < -0.39 is 0 Å². The van der Waals surface area contributed by atoms with Gasteiger partial charge in [-0.3, -0.25) is 0 Å². The molecule has 0 spiro atoms. The van der Waals surface area contributed by atoms with Gasteiger partial charge in [0.05, 0.1) is 7.11 Å². The molecule has 3 aromatic carbocycles. The first-order valence-corrected chi connectivity index (χ1v) is 7.56. The van der Waals surface area contributed by atoms with Crippen molar-refractivity contribution < 1.29 is 18.9 Å². The van der Waals surface area contributed by atoms with Gasteiger partial charge in [0.15, 0.2) is 0 Å². The molecule has 0 saturated heterocycles. The zero-order valence-electron chi connectivity index (χ0n) is 13.3. The second-order valence-corrected chi connectivity index (χ2v) is 4.97. The number of hydrogen-bond donors (Lipinski definition) is 0. The first-order chi connectivity index (χ1) is 11.8. The predicted octanol–water partition coefficient (Wildman–Crippen LogP) is 4.90. The van der Waals surface area contributed by atoms with Crippen LogP contribution in [0.5, 0.6) is 28.7 Å². The summed E-state index contributed by atoms with van der Waals surface area (Å²) in [5.41, 5.74) is 0. The summed E-state index contributed by atoms with van der Waals surface area (Å²) in [4.78, 5) is 0. The molecule has 0 aliphatic heterocycles. The fraction of sp³-hybridized carbons (Fsp3) is 0.100. The standard InChI is InChI=1S/C20H18O4/c1-21-16-7-9-17(10-8-16)22-15-23-18-11-13-20(14-12-18)24-19-5-3-2-4-6-19/h2-14H,15H2,1H3. The number of rotatable bonds is 7. The van der Waals surface area contributed by atoms with E-state index in [1.54, 1.807) is 7.11 Å². The molecule has 0 aliphatic carbocycles. The highest BCUT2D eigenvalue weighted by atomic mass is 16.7. The number of para-hydroxylation sites is 1. The molecule has 4 nitrogen and oxygen atoms in total. The van der Waals surface area contributed by atoms with Crippen molar-refractivity contribution in [2.45, 2.75) is 0 Å². The van der Waals surface area contributed by atoms with Gasteiger partial charge in [0.1, 0.15) is 28.7 Å². The van der Waals surface area contributed by atoms with E-state index in [0.717, 1.165) is 23.0 Å². The molecule has 122 valence electrons. The normalized spacial score (nSPS) is 10.0. The van der Waals surface area contributed by atoms with Crippen LogP contribution in [0, 0.1) is 0 Å². The van der Waals surface area contributed by atoms with Crippen LogP contribution >= 0.6 is 0 Å². The summed E-state index contributed by atoms with van der Waals surface area (Å²) in [6, 6.07) is 24.4. The van der Waals surface area contributed by atoms with Crippen molar-refractivity contribution in [2.75, 3.05) is 13.9 Å². The topological polar surface area (TPSA) is 36.9 Å². The SMILES string of the molecule is COc1ccc(OCOc2ccc(Oc3ccccc3)cc2)cc1. The fourth-order valence-electron chi connectivity index (χ4n) is 2.07. The molecule has 0 aromatic heterocycles. The van der Waals surface area contributed by atoms with Crippen LogP contribution < -0.4 is 18.9 Å². The van der Waals surface area contributed by atoms with Crippen molar-refractivity contribution in [1.82, 2.24) is 0 Å². The second kappa shape index (κ2) is 7.92. The van der Waals surface area contributed by atoms with Crippen LogP contribution in [0.15, 0.2) is 78.9 Å². The third-order valence-electron chi connectivity index (χ3n) is 3.31. The number of hydrogen-bond acceptors (Lipinski definition) is 4. The molecule has 0 radical (unpaired) electrons. The molecular formula is C20H18O4. The van der Waals surface area contributed by atoms with Crippen molar-refractivity contribution in [2.24, 2.45) is 0 Å². The smallest absolute Gasteiger partial charge is 0.230 e. The highest BCUT2D eigenvalue weighted by Crippen LogP contribution is 2.23. The Bertz CT molecular complexity index is 737. The maximum absolute atomic E-state index is 5.73. The van der Waals surface area contributed by atoms with E-state index in [4.69, 9.17) is 18.9 Å². The van der Waals surface area contributed by atoms with Crippen molar-refractivity contribution in [3.05, 3.63) is 78.9 Å². The van der Waals surface area contributed by atoms with Crippen molar-refractivity contribution in [1.29, 1.82) is 0 Å². The maximum atomic E-state index is 5.73. The van der Waals surface area contributed by atoms with E-state index >= 15 is 0 Å². The Kier molecular flexibility index (Phi) is 5.20. The molecule has 0 unspecified atom stereocenters. The van der Waals surface area contributed by atoms with Crippen molar-refractivity contribution in [3.63, 3.8) is 0 Å². The first kappa shape index (κ1) is 15.7. The lowest BCUT2D eigenvalue weighted by molar-refractivity contribution is 0.119. The lowest BCUT2D eigenvalue weighted by atomic mass is 10.3. The van der Waals surface area contributed by atoms with Gasteiger partial charge in [-0.25, -0.2) is 0 Å². The minimum absolute atomic E-state index is 0.130. The van der Waals surface area contributed by atoms with E-state index in [1.807, 2.05) is 78.9 Å². The Labute approximate surface area is 141 Å². The van der Waals surface area contributed by atoms with Gasteiger partial charge in [0.25, 0.3) is 0 Å². The summed E-state index contributed by atoms with van der Waals surface area (Å²) in [6.07, 6.45) is 0. The van der Waals surface area contributed by atoms with Gasteiger partial charge in [-0.05, 0) is 60.7 Å². The Balaban J connectivity index is 1.49. The fourth-order valence-corrected chi connectivity index (χ4v) is 2.07. The van der Waals surface area contributed by atoms with E-state index in [9.17, 15) is 0 Å². The van der Waals surface area contributed by atoms with Gasteiger partial charge >= 0.3 is 0 Å². The molecule has 0 bridgehead atoms. The molecule has 0 amide bonds. The predicted molar refractivity (Wildman–Crippen MR) is 92.1 cm³/mol. The number of ether oxygens (including phenoxy) is 4. The van der Waals surface area contributed by atoms with E-state index in [0.29, 0.717) is 5.75 Å². The summed E-state index contributed by atoms with van der Waals surface area (Å²) in [5, 5.41) is 0. The summed E-state index contributed by atoms with van der Waals surface area (Å²) in [7, 11) is 1.63. The van der Waals surface area contributed by atoms with E-state index in [2.05, 4.69) is 0 Å². The number of methoxy groups -OCH3 is 1. The average molecular weight is 322 g/mol. The van der Waals surface area contributed by atoms with Crippen LogP contribution in [-0.4, -0.2) is 13.9 Å². The lowest BCUT2D eigenvalue weighted by Gasteiger charge is -2.10. The van der Waals surface area contributed by atoms with Crippen LogP contribution in [0.3, 0.4) is 0 Å². The summed E-state index contributed by atoms with van der Waals surface area (Å²) in [5.74, 6) is 3.78. The molecule has 0 saturated carbocycles. The zero-order valence-corrected chi connectivity index (χ0v) is 13.3. The summed E-state index contributed by atoms with van der Waals surface area (Å²) >= 11 is 0. The quantitative estimate of drug-likeness (QED) is 0.580. The van der Waals surface area contributed by atoms with E-state index in [1.165, 1.54) is 0 Å². The van der Waals surface area contributed by atoms with Crippen molar-refractivity contribution >= 4 is 0 Å². The molecule has 24 heavy (non-hydrogen) atoms. The molecule has 3 aromatic rings. The maximum Gasteiger partial charge on any atom is 0.230 e. The molecule has 0 heterocycles. The van der Waals surface area contributed by atoms with Crippen LogP contribution in [0.1, 0.15) is 0 Å². The Morgan fingerprint density at radius 2 is 1.00 bits per heavy atom. The highest BCUT2D eigenvalue weighted by molar-refractivity contribution is 5.35.